The summed E-state index contributed by atoms with van der Waals surface area (Å²) in [5.41, 5.74) is 6.22. The third-order valence-corrected chi connectivity index (χ3v) is 5.24. The third-order valence-electron chi connectivity index (χ3n) is 4.02. The van der Waals surface area contributed by atoms with E-state index >= 15 is 0 Å². The number of rotatable bonds is 5. The zero-order valence-electron chi connectivity index (χ0n) is 12.3. The summed E-state index contributed by atoms with van der Waals surface area (Å²) in [4.78, 5) is 15.8. The van der Waals surface area contributed by atoms with Crippen LogP contribution < -0.4 is 5.73 Å². The van der Waals surface area contributed by atoms with Crippen molar-refractivity contribution in [2.45, 2.75) is 44.7 Å². The maximum atomic E-state index is 12.8. The molecule has 2 N–H and O–H groups in total. The lowest BCUT2D eigenvalue weighted by molar-refractivity contribution is -0.136. The molecule has 1 aliphatic carbocycles. The fraction of sp³-hybridized carbons (Fsp3) is 0.562. The Kier molecular flexibility index (Phi) is 6.27. The Morgan fingerprint density at radius 2 is 2.19 bits per heavy atom. The fourth-order valence-electron chi connectivity index (χ4n) is 2.89. The van der Waals surface area contributed by atoms with Gasteiger partial charge in [-0.05, 0) is 25.0 Å². The SMILES string of the molecule is C=CCN(Cc1ccc(Cl)s1)C(=O)C1CCCCCC1N. The molecule has 0 bridgehead atoms. The summed E-state index contributed by atoms with van der Waals surface area (Å²) < 4.78 is 0.752. The number of nitrogens with two attached hydrogens (primary N) is 1. The zero-order valence-corrected chi connectivity index (χ0v) is 13.8. The van der Waals surface area contributed by atoms with E-state index < -0.39 is 0 Å². The highest BCUT2D eigenvalue weighted by Gasteiger charge is 2.30. The molecule has 0 aromatic carbocycles. The Hall–Kier alpha value is -0.840. The molecule has 2 unspecified atom stereocenters. The number of halogens is 1. The number of carbonyl (C=O) groups excluding carboxylic acids is 1. The van der Waals surface area contributed by atoms with E-state index in [1.807, 2.05) is 17.0 Å². The largest absolute Gasteiger partial charge is 0.334 e. The summed E-state index contributed by atoms with van der Waals surface area (Å²) in [5, 5.41) is 0. The second kappa shape index (κ2) is 7.97. The van der Waals surface area contributed by atoms with E-state index in [-0.39, 0.29) is 17.9 Å². The van der Waals surface area contributed by atoms with Crippen LogP contribution >= 0.6 is 22.9 Å². The van der Waals surface area contributed by atoms with Crippen LogP contribution in [0.4, 0.5) is 0 Å². The van der Waals surface area contributed by atoms with Crippen LogP contribution in [0.1, 0.15) is 37.0 Å². The molecule has 116 valence electrons. The first-order valence-corrected chi connectivity index (χ1v) is 8.70. The Balaban J connectivity index is 2.08. The number of hydrogen-bond acceptors (Lipinski definition) is 3. The maximum absolute atomic E-state index is 12.8. The molecular formula is C16H23ClN2OS. The van der Waals surface area contributed by atoms with Gasteiger partial charge < -0.3 is 10.6 Å². The van der Waals surface area contributed by atoms with Crippen LogP contribution in [0, 0.1) is 5.92 Å². The molecule has 0 aliphatic heterocycles. The predicted molar refractivity (Wildman–Crippen MR) is 89.5 cm³/mol. The molecule has 0 saturated heterocycles. The van der Waals surface area contributed by atoms with Crippen LogP contribution in [0.2, 0.25) is 4.34 Å². The van der Waals surface area contributed by atoms with E-state index in [4.69, 9.17) is 17.3 Å². The summed E-state index contributed by atoms with van der Waals surface area (Å²) in [7, 11) is 0. The number of hydrogen-bond donors (Lipinski definition) is 1. The van der Waals surface area contributed by atoms with Crippen LogP contribution in [-0.2, 0) is 11.3 Å². The number of carbonyl (C=O) groups is 1. The van der Waals surface area contributed by atoms with E-state index in [0.717, 1.165) is 34.9 Å². The molecule has 1 saturated carbocycles. The topological polar surface area (TPSA) is 46.3 Å². The Morgan fingerprint density at radius 1 is 1.43 bits per heavy atom. The smallest absolute Gasteiger partial charge is 0.227 e. The minimum atomic E-state index is -0.0529. The normalized spacial score (nSPS) is 22.6. The van der Waals surface area contributed by atoms with E-state index in [1.165, 1.54) is 17.8 Å². The second-order valence-electron chi connectivity index (χ2n) is 5.62. The highest BCUT2D eigenvalue weighted by atomic mass is 35.5. The molecule has 5 heteroatoms. The fourth-order valence-corrected chi connectivity index (χ4v) is 3.99. The number of amides is 1. The van der Waals surface area contributed by atoms with Crippen LogP contribution in [0.5, 0.6) is 0 Å². The van der Waals surface area contributed by atoms with Crippen molar-refractivity contribution in [3.05, 3.63) is 34.0 Å². The van der Waals surface area contributed by atoms with Crippen molar-refractivity contribution in [1.29, 1.82) is 0 Å². The first kappa shape index (κ1) is 16.5. The molecule has 1 aromatic rings. The van der Waals surface area contributed by atoms with Gasteiger partial charge in [-0.1, -0.05) is 36.9 Å². The average molecular weight is 327 g/mol. The minimum absolute atomic E-state index is 0.0146. The van der Waals surface area contributed by atoms with E-state index in [0.29, 0.717) is 13.1 Å². The van der Waals surface area contributed by atoms with Gasteiger partial charge in [0.05, 0.1) is 16.8 Å². The highest BCUT2D eigenvalue weighted by Crippen LogP contribution is 2.27. The van der Waals surface area contributed by atoms with Gasteiger partial charge in [-0.3, -0.25) is 4.79 Å². The third kappa shape index (κ3) is 4.56. The van der Waals surface area contributed by atoms with Gasteiger partial charge in [0.15, 0.2) is 0 Å². The van der Waals surface area contributed by atoms with Crippen molar-refractivity contribution in [2.24, 2.45) is 11.7 Å². The lowest BCUT2D eigenvalue weighted by Gasteiger charge is -2.28. The van der Waals surface area contributed by atoms with Gasteiger partial charge in [0, 0.05) is 17.5 Å². The molecule has 2 rings (SSSR count). The van der Waals surface area contributed by atoms with Gasteiger partial charge >= 0.3 is 0 Å². The zero-order chi connectivity index (χ0) is 15.2. The van der Waals surface area contributed by atoms with E-state index in [9.17, 15) is 4.79 Å². The second-order valence-corrected chi connectivity index (χ2v) is 7.42. The van der Waals surface area contributed by atoms with Crippen molar-refractivity contribution >= 4 is 28.8 Å². The van der Waals surface area contributed by atoms with E-state index in [1.54, 1.807) is 6.08 Å². The molecule has 1 aromatic heterocycles. The Bertz CT molecular complexity index is 488. The van der Waals surface area contributed by atoms with Crippen LogP contribution in [0.15, 0.2) is 24.8 Å². The van der Waals surface area contributed by atoms with Gasteiger partial charge in [0.2, 0.25) is 5.91 Å². The lowest BCUT2D eigenvalue weighted by Crippen LogP contribution is -2.43. The average Bonchev–Trinajstić information content (AvgIpc) is 2.74. The van der Waals surface area contributed by atoms with Crippen molar-refractivity contribution in [3.63, 3.8) is 0 Å². The first-order valence-electron chi connectivity index (χ1n) is 7.51. The monoisotopic (exact) mass is 326 g/mol. The molecule has 3 nitrogen and oxygen atoms in total. The van der Waals surface area contributed by atoms with Gasteiger partial charge in [-0.2, -0.15) is 0 Å². The minimum Gasteiger partial charge on any atom is -0.334 e. The summed E-state index contributed by atoms with van der Waals surface area (Å²) in [6, 6.07) is 3.83. The van der Waals surface area contributed by atoms with Gasteiger partial charge in [0.25, 0.3) is 0 Å². The Labute approximate surface area is 135 Å². The molecular weight excluding hydrogens is 304 g/mol. The van der Waals surface area contributed by atoms with E-state index in [2.05, 4.69) is 6.58 Å². The molecule has 1 amide bonds. The maximum Gasteiger partial charge on any atom is 0.227 e. The van der Waals surface area contributed by atoms with Gasteiger partial charge in [-0.15, -0.1) is 17.9 Å². The summed E-state index contributed by atoms with van der Waals surface area (Å²) >= 11 is 7.49. The first-order chi connectivity index (χ1) is 10.1. The van der Waals surface area contributed by atoms with Crippen molar-refractivity contribution < 1.29 is 4.79 Å². The molecule has 0 radical (unpaired) electrons. The van der Waals surface area contributed by atoms with Crippen LogP contribution in [0.25, 0.3) is 0 Å². The summed E-state index contributed by atoms with van der Waals surface area (Å²) in [6.07, 6.45) is 7.03. The molecule has 0 spiro atoms. The lowest BCUT2D eigenvalue weighted by atomic mass is 9.94. The summed E-state index contributed by atoms with van der Waals surface area (Å²) in [5.74, 6) is 0.108. The van der Waals surface area contributed by atoms with Crippen molar-refractivity contribution in [3.8, 4) is 0 Å². The molecule has 21 heavy (non-hydrogen) atoms. The van der Waals surface area contributed by atoms with Gasteiger partial charge in [0.1, 0.15) is 0 Å². The highest BCUT2D eigenvalue weighted by molar-refractivity contribution is 7.16. The van der Waals surface area contributed by atoms with Crippen LogP contribution in [-0.4, -0.2) is 23.4 Å². The van der Waals surface area contributed by atoms with Crippen molar-refractivity contribution in [2.75, 3.05) is 6.54 Å². The van der Waals surface area contributed by atoms with Gasteiger partial charge in [-0.25, -0.2) is 0 Å². The Morgan fingerprint density at radius 3 is 2.86 bits per heavy atom. The molecule has 1 heterocycles. The standard InChI is InChI=1S/C16H23ClN2OS/c1-2-10-19(11-12-8-9-15(17)21-12)16(20)13-6-4-3-5-7-14(13)18/h2,8-9,13-14H,1,3-7,10-11,18H2. The van der Waals surface area contributed by atoms with Crippen molar-refractivity contribution in [1.82, 2.24) is 4.90 Å². The van der Waals surface area contributed by atoms with Crippen LogP contribution in [0.3, 0.4) is 0 Å². The molecule has 1 fully saturated rings. The molecule has 2 atom stereocenters. The summed E-state index contributed by atoms with van der Waals surface area (Å²) in [6.45, 7) is 4.91. The molecule has 1 aliphatic rings. The predicted octanol–water partition coefficient (Wildman–Crippen LogP) is 3.82. The number of nitrogens with zero attached hydrogens (tertiary/aromatic N) is 1. The number of thiophene rings is 1. The quantitative estimate of drug-likeness (QED) is 0.660.